The minimum Gasteiger partial charge on any atom is -0.496 e. The van der Waals surface area contributed by atoms with Crippen LogP contribution in [0.1, 0.15) is 33.1 Å². The number of hydrogen-bond donors (Lipinski definition) is 1. The van der Waals surface area contributed by atoms with Crippen LogP contribution in [0.4, 0.5) is 0 Å². The van der Waals surface area contributed by atoms with Gasteiger partial charge in [0.2, 0.25) is 0 Å². The van der Waals surface area contributed by atoms with Crippen molar-refractivity contribution in [1.29, 1.82) is 0 Å². The molecule has 0 saturated carbocycles. The first kappa shape index (κ1) is 24.5. The summed E-state index contributed by atoms with van der Waals surface area (Å²) in [4.78, 5) is 16.5. The Morgan fingerprint density at radius 2 is 1.87 bits per heavy atom. The van der Waals surface area contributed by atoms with Gasteiger partial charge < -0.3 is 9.84 Å². The van der Waals surface area contributed by atoms with E-state index in [2.05, 4.69) is 48.0 Å². The zero-order chi connectivity index (χ0) is 19.8. The van der Waals surface area contributed by atoms with E-state index in [1.807, 2.05) is 6.07 Å². The summed E-state index contributed by atoms with van der Waals surface area (Å²) in [6.45, 7) is 6.20. The molecule has 7 heteroatoms. The number of carbonyl (C=O) groups is 1. The van der Waals surface area contributed by atoms with Crippen LogP contribution in [0.5, 0.6) is 5.75 Å². The topological polar surface area (TPSA) is 53.0 Å². The first-order valence-electron chi connectivity index (χ1n) is 9.86. The largest absolute Gasteiger partial charge is 0.496 e. The lowest BCUT2D eigenvalue weighted by atomic mass is 9.88. The number of nitrogens with zero attached hydrogens (tertiary/aromatic N) is 2. The van der Waals surface area contributed by atoms with Crippen LogP contribution in [-0.2, 0) is 6.54 Å². The molecule has 2 saturated heterocycles. The van der Waals surface area contributed by atoms with E-state index in [0.717, 1.165) is 31.7 Å². The van der Waals surface area contributed by atoms with Gasteiger partial charge in [0.25, 0.3) is 0 Å². The third-order valence-electron chi connectivity index (χ3n) is 6.38. The number of hydrogen-bond acceptors (Lipinski definition) is 4. The molecule has 30 heavy (non-hydrogen) atoms. The number of methoxy groups -OCH3 is 1. The fourth-order valence-electron chi connectivity index (χ4n) is 5.14. The maximum atomic E-state index is 11.5. The first-order chi connectivity index (χ1) is 13.5. The third kappa shape index (κ3) is 4.59. The molecule has 2 aromatic rings. The smallest absolute Gasteiger partial charge is 0.339 e. The first-order valence-corrected chi connectivity index (χ1v) is 9.86. The summed E-state index contributed by atoms with van der Waals surface area (Å²) in [5.74, 6) is 0.740. The molecular weight excluding hydrogens is 423 g/mol. The molecule has 2 aliphatic rings. The highest BCUT2D eigenvalue weighted by molar-refractivity contribution is 5.91. The van der Waals surface area contributed by atoms with Crippen LogP contribution in [0.2, 0.25) is 0 Å². The summed E-state index contributed by atoms with van der Waals surface area (Å²) < 4.78 is 5.18. The molecule has 0 aliphatic carbocycles. The lowest BCUT2D eigenvalue weighted by Crippen LogP contribution is -2.29. The van der Waals surface area contributed by atoms with Crippen molar-refractivity contribution in [2.75, 3.05) is 33.8 Å². The van der Waals surface area contributed by atoms with Crippen molar-refractivity contribution in [3.63, 3.8) is 0 Å². The lowest BCUT2D eigenvalue weighted by molar-refractivity contribution is 0.0693. The molecule has 0 aromatic heterocycles. The van der Waals surface area contributed by atoms with Crippen molar-refractivity contribution in [2.45, 2.75) is 19.5 Å². The van der Waals surface area contributed by atoms with Gasteiger partial charge in [0.05, 0.1) is 7.11 Å². The average molecular weight is 453 g/mol. The summed E-state index contributed by atoms with van der Waals surface area (Å²) in [5.41, 5.74) is 4.06. The summed E-state index contributed by atoms with van der Waals surface area (Å²) in [5, 5.41) is 9.43. The van der Waals surface area contributed by atoms with Gasteiger partial charge in [-0.15, -0.1) is 24.8 Å². The number of benzene rings is 2. The lowest BCUT2D eigenvalue weighted by Gasteiger charge is -2.28. The van der Waals surface area contributed by atoms with Gasteiger partial charge in [-0.3, -0.25) is 9.80 Å². The summed E-state index contributed by atoms with van der Waals surface area (Å²) in [6, 6.07) is 14.7. The van der Waals surface area contributed by atoms with Gasteiger partial charge in [-0.1, -0.05) is 30.3 Å². The molecular formula is C23H30Cl2N2O3. The van der Waals surface area contributed by atoms with E-state index in [1.54, 1.807) is 12.1 Å². The summed E-state index contributed by atoms with van der Waals surface area (Å²) in [6.07, 6.45) is 0. The Labute approximate surface area is 190 Å². The predicted molar refractivity (Wildman–Crippen MR) is 123 cm³/mol. The number of carboxylic acid groups (broad SMARTS) is 1. The molecule has 2 aliphatic heterocycles. The van der Waals surface area contributed by atoms with Gasteiger partial charge in [0, 0.05) is 32.2 Å². The standard InChI is InChI=1S/C23H28N2O3.2ClH/c1-15-6-4-5-7-18(15)22-20-14-25(13-17(20)12-24(22)2)11-16-8-9-21(28-3)19(10-16)23(26)27;;/h4-10,17,20,22H,11-14H2,1-3H3,(H,26,27);2*1H/t17-,20+,22-;;/m0../s1. The molecule has 0 spiro atoms. The van der Waals surface area contributed by atoms with E-state index in [1.165, 1.54) is 18.2 Å². The Balaban J connectivity index is 0.00000160. The van der Waals surface area contributed by atoms with Crippen LogP contribution in [0.25, 0.3) is 0 Å². The second-order valence-corrected chi connectivity index (χ2v) is 8.20. The average Bonchev–Trinajstić information content (AvgIpc) is 3.18. The second-order valence-electron chi connectivity index (χ2n) is 8.20. The van der Waals surface area contributed by atoms with Gasteiger partial charge in [-0.25, -0.2) is 4.79 Å². The molecule has 0 bridgehead atoms. The molecule has 5 nitrogen and oxygen atoms in total. The molecule has 2 fully saturated rings. The number of aromatic carboxylic acids is 1. The van der Waals surface area contributed by atoms with Crippen LogP contribution in [0.3, 0.4) is 0 Å². The van der Waals surface area contributed by atoms with E-state index in [9.17, 15) is 9.90 Å². The Kier molecular flexibility index (Phi) is 8.17. The predicted octanol–water partition coefficient (Wildman–Crippen LogP) is 4.28. The van der Waals surface area contributed by atoms with E-state index < -0.39 is 5.97 Å². The second kappa shape index (κ2) is 10.0. The van der Waals surface area contributed by atoms with Crippen molar-refractivity contribution < 1.29 is 14.6 Å². The Morgan fingerprint density at radius 3 is 2.53 bits per heavy atom. The number of likely N-dealkylation sites (tertiary alicyclic amines) is 2. The summed E-state index contributed by atoms with van der Waals surface area (Å²) >= 11 is 0. The summed E-state index contributed by atoms with van der Waals surface area (Å²) in [7, 11) is 3.74. The Bertz CT molecular complexity index is 893. The van der Waals surface area contributed by atoms with Crippen LogP contribution in [0, 0.1) is 18.8 Å². The maximum absolute atomic E-state index is 11.5. The number of carboxylic acids is 1. The fraction of sp³-hybridized carbons (Fsp3) is 0.435. The highest BCUT2D eigenvalue weighted by Crippen LogP contribution is 2.45. The normalized spacial score (nSPS) is 23.4. The molecule has 4 rings (SSSR count). The maximum Gasteiger partial charge on any atom is 0.339 e. The highest BCUT2D eigenvalue weighted by atomic mass is 35.5. The number of rotatable bonds is 5. The van der Waals surface area contributed by atoms with Crippen molar-refractivity contribution in [2.24, 2.45) is 11.8 Å². The quantitative estimate of drug-likeness (QED) is 0.733. The van der Waals surface area contributed by atoms with Crippen LogP contribution < -0.4 is 4.74 Å². The van der Waals surface area contributed by atoms with Gasteiger partial charge in [-0.05, 0) is 54.6 Å². The highest BCUT2D eigenvalue weighted by Gasteiger charge is 2.46. The minimum atomic E-state index is -0.946. The zero-order valence-electron chi connectivity index (χ0n) is 17.6. The van der Waals surface area contributed by atoms with Crippen LogP contribution in [-0.4, -0.2) is 54.7 Å². The van der Waals surface area contributed by atoms with Crippen molar-refractivity contribution in [1.82, 2.24) is 9.80 Å². The molecule has 0 unspecified atom stereocenters. The zero-order valence-corrected chi connectivity index (χ0v) is 19.2. The SMILES string of the molecule is COc1ccc(CN2C[C@@H]3CN(C)[C@@H](c4ccccc4C)[C@@H]3C2)cc1C(=O)O.Cl.Cl. The molecule has 2 heterocycles. The Morgan fingerprint density at radius 1 is 1.13 bits per heavy atom. The molecule has 1 N–H and O–H groups in total. The third-order valence-corrected chi connectivity index (χ3v) is 6.38. The molecule has 3 atom stereocenters. The Hall–Kier alpha value is -1.79. The molecule has 0 amide bonds. The van der Waals surface area contributed by atoms with Crippen molar-refractivity contribution in [3.8, 4) is 5.75 Å². The van der Waals surface area contributed by atoms with Crippen LogP contribution in [0.15, 0.2) is 42.5 Å². The number of fused-ring (bicyclic) bond motifs is 1. The number of ether oxygens (including phenoxy) is 1. The van der Waals surface area contributed by atoms with E-state index >= 15 is 0 Å². The van der Waals surface area contributed by atoms with Gasteiger partial charge in [-0.2, -0.15) is 0 Å². The van der Waals surface area contributed by atoms with E-state index in [4.69, 9.17) is 4.74 Å². The van der Waals surface area contributed by atoms with Gasteiger partial charge in [0.1, 0.15) is 11.3 Å². The fourth-order valence-corrected chi connectivity index (χ4v) is 5.14. The van der Waals surface area contributed by atoms with Gasteiger partial charge in [0.15, 0.2) is 0 Å². The van der Waals surface area contributed by atoms with Crippen molar-refractivity contribution in [3.05, 3.63) is 64.7 Å². The van der Waals surface area contributed by atoms with Crippen molar-refractivity contribution >= 4 is 30.8 Å². The van der Waals surface area contributed by atoms with E-state index in [-0.39, 0.29) is 30.4 Å². The monoisotopic (exact) mass is 452 g/mol. The number of aryl methyl sites for hydroxylation is 1. The minimum absolute atomic E-state index is 0. The molecule has 0 radical (unpaired) electrons. The van der Waals surface area contributed by atoms with E-state index in [0.29, 0.717) is 23.6 Å². The molecule has 164 valence electrons. The molecule has 2 aromatic carbocycles. The van der Waals surface area contributed by atoms with Crippen LogP contribution >= 0.6 is 24.8 Å². The number of halogens is 2. The van der Waals surface area contributed by atoms with Gasteiger partial charge >= 0.3 is 5.97 Å².